The Labute approximate surface area is 290 Å². The number of alkyl carbamates (subject to hydrolysis) is 1. The van der Waals surface area contributed by atoms with Gasteiger partial charge in [0.25, 0.3) is 5.91 Å². The molecule has 15 nitrogen and oxygen atoms in total. The van der Waals surface area contributed by atoms with Crippen LogP contribution in [0.1, 0.15) is 46.5 Å². The van der Waals surface area contributed by atoms with Crippen molar-refractivity contribution in [1.29, 1.82) is 0 Å². The second kappa shape index (κ2) is 13.8. The summed E-state index contributed by atoms with van der Waals surface area (Å²) in [5.41, 5.74) is 3.58. The third-order valence-electron chi connectivity index (χ3n) is 8.84. The Balaban J connectivity index is 1.46. The summed E-state index contributed by atoms with van der Waals surface area (Å²) in [4.78, 5) is 72.8. The maximum Gasteiger partial charge on any atom is 0.408 e. The molecule has 0 bridgehead atoms. The molecule has 3 fully saturated rings. The molecule has 268 valence electrons. The van der Waals surface area contributed by atoms with Gasteiger partial charge < -0.3 is 30.7 Å². The summed E-state index contributed by atoms with van der Waals surface area (Å²) in [6, 6.07) is 4.53. The number of rotatable bonds is 13. The highest BCUT2D eigenvalue weighted by atomic mass is 32.2. The lowest BCUT2D eigenvalue weighted by Crippen LogP contribution is -2.62. The van der Waals surface area contributed by atoms with Crippen LogP contribution in [0.25, 0.3) is 10.8 Å². The highest BCUT2D eigenvalue weighted by Gasteiger charge is 2.62. The van der Waals surface area contributed by atoms with Crippen molar-refractivity contribution < 1.29 is 41.9 Å². The van der Waals surface area contributed by atoms with Crippen LogP contribution in [-0.4, -0.2) is 95.1 Å². The van der Waals surface area contributed by atoms with E-state index >= 15 is 0 Å². The lowest BCUT2D eigenvalue weighted by molar-refractivity contribution is -0.142. The van der Waals surface area contributed by atoms with E-state index in [9.17, 15) is 32.4 Å². The monoisotopic (exact) mass is 710 g/mol. The number of amides is 4. The number of fused-ring (bicyclic) bond motifs is 1. The molecular formula is C34H42N6O9S. The van der Waals surface area contributed by atoms with Crippen LogP contribution in [0.3, 0.4) is 0 Å². The number of carbonyl (C=O) groups is 5. The number of carbonyl (C=O) groups excluding carboxylic acids is 5. The van der Waals surface area contributed by atoms with Crippen LogP contribution in [0.15, 0.2) is 61.8 Å². The van der Waals surface area contributed by atoms with Crippen molar-refractivity contribution in [3.05, 3.63) is 61.8 Å². The minimum Gasteiger partial charge on any atom is -0.472 e. The van der Waals surface area contributed by atoms with E-state index in [4.69, 9.17) is 15.2 Å². The summed E-state index contributed by atoms with van der Waals surface area (Å²) in [5, 5.41) is 5.91. The fraction of sp³-hybridized carbons (Fsp3) is 0.471. The molecule has 2 heterocycles. The fourth-order valence-corrected chi connectivity index (χ4v) is 7.32. The zero-order valence-electron chi connectivity index (χ0n) is 28.1. The van der Waals surface area contributed by atoms with Crippen LogP contribution >= 0.6 is 0 Å². The van der Waals surface area contributed by atoms with Gasteiger partial charge in [-0.05, 0) is 63.6 Å². The van der Waals surface area contributed by atoms with E-state index in [2.05, 4.69) is 33.5 Å². The summed E-state index contributed by atoms with van der Waals surface area (Å²) in [6.45, 7) is 11.8. The third kappa shape index (κ3) is 7.81. The van der Waals surface area contributed by atoms with Gasteiger partial charge in [0, 0.05) is 23.9 Å². The standard InChI is InChI=1S/C34H42N6O9S/c1-6-20-17-34(20,31(44)39-50(46,47)22-12-13-22)38-28(42)24-16-21(48-29-23-11-9-8-10-19(23)14-15-36-29)18-40(24)30(43)27(26(35)25(41)7-2)37-32(45)49-33(3,4)5/h6-11,14-15,20-22,24,26-27H,1-2,12-13,16-18,35H2,3-5H3,(H,37,45)(H,38,42)(H,39,44). The smallest absolute Gasteiger partial charge is 0.408 e. The number of aromatic nitrogens is 1. The van der Waals surface area contributed by atoms with E-state index < -0.39 is 86.2 Å². The summed E-state index contributed by atoms with van der Waals surface area (Å²) in [5.74, 6) is -3.70. The van der Waals surface area contributed by atoms with E-state index in [-0.39, 0.29) is 25.3 Å². The molecule has 16 heteroatoms. The number of pyridine rings is 1. The number of nitrogens with two attached hydrogens (primary N) is 1. The van der Waals surface area contributed by atoms with Gasteiger partial charge in [0.05, 0.1) is 17.8 Å². The molecule has 1 aliphatic heterocycles. The van der Waals surface area contributed by atoms with Gasteiger partial charge in [0.1, 0.15) is 29.3 Å². The Hall–Kier alpha value is -4.83. The number of sulfonamides is 1. The number of likely N-dealkylation sites (tertiary alicyclic amines) is 1. The maximum atomic E-state index is 14.3. The molecule has 2 aromatic rings. The van der Waals surface area contributed by atoms with Crippen molar-refractivity contribution in [2.24, 2.45) is 11.7 Å². The summed E-state index contributed by atoms with van der Waals surface area (Å²) >= 11 is 0. The van der Waals surface area contributed by atoms with Crippen molar-refractivity contribution in [2.75, 3.05) is 6.54 Å². The van der Waals surface area contributed by atoms with Gasteiger partial charge in [-0.3, -0.25) is 23.9 Å². The topological polar surface area (TPSA) is 216 Å². The summed E-state index contributed by atoms with van der Waals surface area (Å²) in [6.07, 6.45) is 2.89. The quantitative estimate of drug-likeness (QED) is 0.171. The van der Waals surface area contributed by atoms with Crippen LogP contribution in [-0.2, 0) is 33.9 Å². The molecule has 2 saturated carbocycles. The molecule has 4 amide bonds. The first-order chi connectivity index (χ1) is 23.5. The van der Waals surface area contributed by atoms with Crippen molar-refractivity contribution in [3.8, 4) is 5.88 Å². The highest BCUT2D eigenvalue weighted by molar-refractivity contribution is 7.91. The molecule has 2 aliphatic carbocycles. The van der Waals surface area contributed by atoms with Crippen molar-refractivity contribution in [2.45, 2.75) is 87.1 Å². The molecule has 1 aromatic carbocycles. The molecule has 0 spiro atoms. The summed E-state index contributed by atoms with van der Waals surface area (Å²) < 4.78 is 38.9. The normalized spacial score (nSPS) is 24.3. The number of nitrogens with one attached hydrogen (secondary N) is 3. The van der Waals surface area contributed by atoms with Gasteiger partial charge >= 0.3 is 6.09 Å². The van der Waals surface area contributed by atoms with Crippen LogP contribution in [0.4, 0.5) is 4.79 Å². The van der Waals surface area contributed by atoms with E-state index in [1.807, 2.05) is 18.2 Å². The fourth-order valence-electron chi connectivity index (χ4n) is 5.96. The van der Waals surface area contributed by atoms with Gasteiger partial charge in [0.2, 0.25) is 27.7 Å². The Morgan fingerprint density at radius 1 is 1.12 bits per heavy atom. The van der Waals surface area contributed by atoms with E-state index in [1.165, 1.54) is 6.08 Å². The maximum absolute atomic E-state index is 14.3. The molecule has 1 saturated heterocycles. The first kappa shape index (κ1) is 36.5. The molecule has 5 rings (SSSR count). The second-order valence-electron chi connectivity index (χ2n) is 13.8. The van der Waals surface area contributed by atoms with Crippen LogP contribution in [0, 0.1) is 5.92 Å². The number of ketones is 1. The van der Waals surface area contributed by atoms with Gasteiger partial charge in [0.15, 0.2) is 5.78 Å². The SMILES string of the molecule is C=CC(=O)C(N)C(NC(=O)OC(C)(C)C)C(=O)N1CC(Oc2nccc3ccccc23)CC1C(=O)NC1(C(=O)NS(=O)(=O)C2CC2)CC1C=C. The van der Waals surface area contributed by atoms with Gasteiger partial charge in [-0.15, -0.1) is 6.58 Å². The average Bonchev–Trinajstić information content (AvgIpc) is 3.99. The van der Waals surface area contributed by atoms with Crippen molar-refractivity contribution >= 4 is 50.4 Å². The number of nitrogens with zero attached hydrogens (tertiary/aromatic N) is 2. The molecule has 3 aliphatic rings. The average molecular weight is 711 g/mol. The first-order valence-electron chi connectivity index (χ1n) is 16.2. The Kier molecular flexibility index (Phi) is 10.1. The Bertz CT molecular complexity index is 1830. The molecule has 50 heavy (non-hydrogen) atoms. The summed E-state index contributed by atoms with van der Waals surface area (Å²) in [7, 11) is -3.94. The second-order valence-corrected chi connectivity index (χ2v) is 15.7. The predicted octanol–water partition coefficient (Wildman–Crippen LogP) is 1.23. The molecule has 6 unspecified atom stereocenters. The van der Waals surface area contributed by atoms with E-state index in [0.717, 1.165) is 16.4 Å². The van der Waals surface area contributed by atoms with Gasteiger partial charge in [-0.25, -0.2) is 18.2 Å². The van der Waals surface area contributed by atoms with E-state index in [0.29, 0.717) is 18.2 Å². The zero-order chi connectivity index (χ0) is 36.6. The lowest BCUT2D eigenvalue weighted by atomic mass is 10.0. The number of hydrogen-bond acceptors (Lipinski definition) is 11. The van der Waals surface area contributed by atoms with Crippen molar-refractivity contribution in [3.63, 3.8) is 0 Å². The first-order valence-corrected chi connectivity index (χ1v) is 17.8. The zero-order valence-corrected chi connectivity index (χ0v) is 28.9. The largest absolute Gasteiger partial charge is 0.472 e. The van der Waals surface area contributed by atoms with Crippen LogP contribution in [0.5, 0.6) is 5.88 Å². The molecule has 0 radical (unpaired) electrons. The van der Waals surface area contributed by atoms with E-state index in [1.54, 1.807) is 39.1 Å². The van der Waals surface area contributed by atoms with Crippen LogP contribution in [0.2, 0.25) is 0 Å². The van der Waals surface area contributed by atoms with Gasteiger partial charge in [-0.2, -0.15) is 0 Å². The Morgan fingerprint density at radius 3 is 2.44 bits per heavy atom. The van der Waals surface area contributed by atoms with Gasteiger partial charge in [-0.1, -0.05) is 30.9 Å². The number of ether oxygens (including phenoxy) is 2. The predicted molar refractivity (Wildman–Crippen MR) is 182 cm³/mol. The molecule has 5 N–H and O–H groups in total. The minimum atomic E-state index is -3.94. The third-order valence-corrected chi connectivity index (χ3v) is 10.7. The molecule has 6 atom stereocenters. The number of hydrogen-bond donors (Lipinski definition) is 4. The number of benzene rings is 1. The molecule has 1 aromatic heterocycles. The molecular weight excluding hydrogens is 668 g/mol. The van der Waals surface area contributed by atoms with Crippen LogP contribution < -0.4 is 25.8 Å². The Morgan fingerprint density at radius 2 is 1.82 bits per heavy atom. The minimum absolute atomic E-state index is 0.0797. The van der Waals surface area contributed by atoms with Crippen molar-refractivity contribution in [1.82, 2.24) is 25.2 Å². The highest BCUT2D eigenvalue weighted by Crippen LogP contribution is 2.45. The lowest BCUT2D eigenvalue weighted by Gasteiger charge is -2.32.